The van der Waals surface area contributed by atoms with E-state index in [4.69, 9.17) is 28.4 Å². The molecule has 3 aliphatic carbocycles. The lowest BCUT2D eigenvalue weighted by molar-refractivity contribution is -0.296. The first-order chi connectivity index (χ1) is 24.5. The van der Waals surface area contributed by atoms with Gasteiger partial charge in [0.05, 0.1) is 47.3 Å². The molecule has 4 N–H and O–H groups in total. The van der Waals surface area contributed by atoms with Crippen molar-refractivity contribution in [1.82, 2.24) is 0 Å². The summed E-state index contributed by atoms with van der Waals surface area (Å²) < 4.78 is 35.6. The average Bonchev–Trinajstić information content (AvgIpc) is 3.06. The van der Waals surface area contributed by atoms with Crippen LogP contribution in [0.3, 0.4) is 0 Å². The second kappa shape index (κ2) is 13.3. The Bertz CT molecular complexity index is 1740. The predicted octanol–water partition coefficient (Wildman–Crippen LogP) is 2.47. The number of aliphatic hydroxyl groups excluding tert-OH is 1. The summed E-state index contributed by atoms with van der Waals surface area (Å²) >= 11 is 0. The number of fused-ring (bicyclic) bond motifs is 3. The van der Waals surface area contributed by atoms with E-state index in [9.17, 15) is 39.6 Å². The van der Waals surface area contributed by atoms with Crippen LogP contribution in [0, 0.1) is 0 Å². The fourth-order valence-corrected chi connectivity index (χ4v) is 8.87. The number of hydrogen-bond donors (Lipinski definition) is 4. The van der Waals surface area contributed by atoms with E-state index >= 15 is 0 Å². The van der Waals surface area contributed by atoms with Crippen LogP contribution in [0.25, 0.3) is 0 Å². The number of carbonyl (C=O) groups is 4. The molecule has 3 aliphatic heterocycles. The molecule has 4 fully saturated rings. The van der Waals surface area contributed by atoms with Crippen molar-refractivity contribution >= 4 is 23.1 Å². The Balaban J connectivity index is 1.08. The first-order valence-electron chi connectivity index (χ1n) is 17.9. The van der Waals surface area contributed by atoms with Crippen LogP contribution in [-0.2, 0) is 38.0 Å². The quantitative estimate of drug-likeness (QED) is 0.333. The molecule has 52 heavy (non-hydrogen) atoms. The molecule has 0 spiro atoms. The SMILES string of the molecule is COC1C(O)CC(c2ccc3c(c2O)C(=O)C2=C(C3=O)C3(O)C(=O)CC(C)(OC4CCC(OC5CCC(=O)C(C)O5)C(C)O4)CC3(O)C=C2)OC1C. The molecule has 1 aromatic carbocycles. The Morgan fingerprint density at radius 1 is 0.923 bits per heavy atom. The second-order valence-electron chi connectivity index (χ2n) is 15.3. The maximum atomic E-state index is 14.1. The second-order valence-corrected chi connectivity index (χ2v) is 15.3. The normalized spacial score (nSPS) is 42.2. The highest BCUT2D eigenvalue weighted by Crippen LogP contribution is 2.53. The number of Topliss-reactive ketones (excluding diaryl/α,β-unsaturated/α-hetero) is 4. The summed E-state index contributed by atoms with van der Waals surface area (Å²) in [4.78, 5) is 54.0. The Morgan fingerprint density at radius 2 is 1.67 bits per heavy atom. The highest BCUT2D eigenvalue weighted by atomic mass is 16.7. The fourth-order valence-electron chi connectivity index (χ4n) is 8.87. The monoisotopic (exact) mass is 726 g/mol. The average molecular weight is 727 g/mol. The van der Waals surface area contributed by atoms with Crippen molar-refractivity contribution in [2.45, 2.75) is 145 Å². The Morgan fingerprint density at radius 3 is 2.35 bits per heavy atom. The van der Waals surface area contributed by atoms with Gasteiger partial charge in [-0.3, -0.25) is 19.2 Å². The highest BCUT2D eigenvalue weighted by molar-refractivity contribution is 6.32. The number of allylic oxidation sites excluding steroid dienone is 2. The van der Waals surface area contributed by atoms with Crippen LogP contribution in [0.2, 0.25) is 0 Å². The Labute approximate surface area is 300 Å². The van der Waals surface area contributed by atoms with Crippen LogP contribution < -0.4 is 0 Å². The number of hydrogen-bond acceptors (Lipinski definition) is 14. The van der Waals surface area contributed by atoms with E-state index < -0.39 is 101 Å². The van der Waals surface area contributed by atoms with Crippen LogP contribution in [0.5, 0.6) is 5.75 Å². The zero-order chi connectivity index (χ0) is 37.5. The zero-order valence-electron chi connectivity index (χ0n) is 29.8. The van der Waals surface area contributed by atoms with Crippen molar-refractivity contribution in [3.63, 3.8) is 0 Å². The molecule has 0 amide bonds. The van der Waals surface area contributed by atoms with E-state index in [1.54, 1.807) is 20.8 Å². The van der Waals surface area contributed by atoms with Gasteiger partial charge in [-0.15, -0.1) is 0 Å². The molecule has 0 radical (unpaired) electrons. The lowest BCUT2D eigenvalue weighted by atomic mass is 9.57. The van der Waals surface area contributed by atoms with E-state index in [2.05, 4.69) is 0 Å². The third kappa shape index (κ3) is 5.92. The van der Waals surface area contributed by atoms with E-state index in [0.29, 0.717) is 25.7 Å². The van der Waals surface area contributed by atoms with Gasteiger partial charge in [-0.05, 0) is 46.3 Å². The van der Waals surface area contributed by atoms with E-state index in [0.717, 1.165) is 6.08 Å². The number of ketones is 4. The van der Waals surface area contributed by atoms with Crippen molar-refractivity contribution in [2.24, 2.45) is 0 Å². The number of phenols is 1. The molecule has 3 heterocycles. The Hall–Kier alpha value is -3.18. The summed E-state index contributed by atoms with van der Waals surface area (Å²) in [5, 5.41) is 46.1. The molecule has 1 saturated carbocycles. The third-order valence-corrected chi connectivity index (χ3v) is 11.6. The van der Waals surface area contributed by atoms with Gasteiger partial charge in [-0.2, -0.15) is 0 Å². The summed E-state index contributed by atoms with van der Waals surface area (Å²) in [7, 11) is 1.45. The molecule has 14 heteroatoms. The van der Waals surface area contributed by atoms with Gasteiger partial charge in [0.2, 0.25) is 0 Å². The summed E-state index contributed by atoms with van der Waals surface area (Å²) in [5.74, 6) is -3.09. The number of aromatic hydroxyl groups is 1. The third-order valence-electron chi connectivity index (χ3n) is 11.6. The molecule has 14 nitrogen and oxygen atoms in total. The van der Waals surface area contributed by atoms with Crippen molar-refractivity contribution in [2.75, 3.05) is 7.11 Å². The number of phenolic OH excluding ortho intramolecular Hbond substituents is 1. The fraction of sp³-hybridized carbons (Fsp3) is 0.632. The van der Waals surface area contributed by atoms with Crippen LogP contribution in [0.4, 0.5) is 0 Å². The number of rotatable bonds is 6. The predicted molar refractivity (Wildman–Crippen MR) is 178 cm³/mol. The van der Waals surface area contributed by atoms with Gasteiger partial charge in [0.25, 0.3) is 0 Å². The van der Waals surface area contributed by atoms with Gasteiger partial charge >= 0.3 is 0 Å². The smallest absolute Gasteiger partial charge is 0.198 e. The van der Waals surface area contributed by atoms with Crippen molar-refractivity contribution in [1.29, 1.82) is 0 Å². The van der Waals surface area contributed by atoms with Crippen molar-refractivity contribution < 1.29 is 68.0 Å². The lowest BCUT2D eigenvalue weighted by Crippen LogP contribution is -2.69. The first kappa shape index (κ1) is 37.1. The summed E-state index contributed by atoms with van der Waals surface area (Å²) in [6, 6.07) is 2.73. The topological polar surface area (TPSA) is 205 Å². The molecule has 7 rings (SSSR count). The van der Waals surface area contributed by atoms with Gasteiger partial charge in [0.15, 0.2) is 41.3 Å². The van der Waals surface area contributed by atoms with Crippen molar-refractivity contribution in [3.05, 3.63) is 52.1 Å². The number of methoxy groups -OCH3 is 1. The lowest BCUT2D eigenvalue weighted by Gasteiger charge is -2.53. The molecular weight excluding hydrogens is 680 g/mol. The number of aliphatic hydroxyl groups is 3. The van der Waals surface area contributed by atoms with Crippen LogP contribution in [0.1, 0.15) is 105 Å². The molecular formula is C38H46O14. The van der Waals surface area contributed by atoms with Crippen LogP contribution >= 0.6 is 0 Å². The molecule has 12 unspecified atom stereocenters. The zero-order valence-corrected chi connectivity index (χ0v) is 29.8. The maximum Gasteiger partial charge on any atom is 0.198 e. The first-order valence-corrected chi connectivity index (χ1v) is 17.9. The van der Waals surface area contributed by atoms with Crippen LogP contribution in [-0.4, -0.2) is 117 Å². The standard InChI is InChI=1S/C38H46O14/c1-17-23(39)8-10-28(49-17)51-25-9-11-29(50-18(25)2)52-36(4)15-27(41)38(46)31-22(12-13-37(38,45)16-36)33(43)30-21(34(31)44)7-6-20(32(30)42)26-14-24(40)35(47-5)19(3)48-26/h6-7,12-13,17-19,24-26,28-29,35,40,42,45-46H,8-11,14-16H2,1-5H3. The van der Waals surface area contributed by atoms with Gasteiger partial charge in [-0.1, -0.05) is 12.1 Å². The summed E-state index contributed by atoms with van der Waals surface area (Å²) in [6.45, 7) is 6.85. The Kier molecular flexibility index (Phi) is 9.49. The van der Waals surface area contributed by atoms with E-state index in [1.165, 1.54) is 25.3 Å². The molecule has 0 bridgehead atoms. The molecule has 12 atom stereocenters. The van der Waals surface area contributed by atoms with Crippen molar-refractivity contribution in [3.8, 4) is 5.75 Å². The molecule has 3 saturated heterocycles. The van der Waals surface area contributed by atoms with E-state index in [1.807, 2.05) is 6.92 Å². The molecule has 1 aromatic rings. The number of carbonyl (C=O) groups excluding carboxylic acids is 4. The number of ether oxygens (including phenoxy) is 6. The van der Waals surface area contributed by atoms with Gasteiger partial charge < -0.3 is 48.8 Å². The highest BCUT2D eigenvalue weighted by Gasteiger charge is 2.67. The number of benzene rings is 1. The maximum absolute atomic E-state index is 14.1. The minimum absolute atomic E-state index is 0.0338. The largest absolute Gasteiger partial charge is 0.507 e. The van der Waals surface area contributed by atoms with Gasteiger partial charge in [-0.25, -0.2) is 0 Å². The summed E-state index contributed by atoms with van der Waals surface area (Å²) in [5.41, 5.74) is -7.69. The minimum Gasteiger partial charge on any atom is -0.507 e. The molecule has 0 aromatic heterocycles. The minimum atomic E-state index is -2.78. The summed E-state index contributed by atoms with van der Waals surface area (Å²) in [6.07, 6.45) is -2.03. The van der Waals surface area contributed by atoms with Gasteiger partial charge in [0.1, 0.15) is 23.6 Å². The van der Waals surface area contributed by atoms with Crippen LogP contribution in [0.15, 0.2) is 35.4 Å². The molecule has 282 valence electrons. The van der Waals surface area contributed by atoms with Gasteiger partial charge in [0, 0.05) is 62.3 Å². The molecule has 6 aliphatic rings. The van der Waals surface area contributed by atoms with E-state index in [-0.39, 0.29) is 47.0 Å².